The number of rotatable bonds is 5. The van der Waals surface area contributed by atoms with E-state index >= 15 is 0 Å². The molecule has 1 fully saturated rings. The molecule has 0 amide bonds. The Morgan fingerprint density at radius 2 is 2.19 bits per heavy atom. The molecule has 0 N–H and O–H groups in total. The molecule has 0 aromatic carbocycles. The number of likely N-dealkylation sites (tertiary alicyclic amines) is 1. The summed E-state index contributed by atoms with van der Waals surface area (Å²) < 4.78 is 4.07. The van der Waals surface area contributed by atoms with Crippen molar-refractivity contribution in [2.75, 3.05) is 19.6 Å². The van der Waals surface area contributed by atoms with Crippen LogP contribution in [0.3, 0.4) is 0 Å². The van der Waals surface area contributed by atoms with Crippen molar-refractivity contribution in [2.24, 2.45) is 5.92 Å². The minimum atomic E-state index is 0.677. The number of hydrogen-bond donors (Lipinski definition) is 0. The molecule has 114 valence electrons. The lowest BCUT2D eigenvalue weighted by molar-refractivity contribution is 0.153. The summed E-state index contributed by atoms with van der Waals surface area (Å²) >= 11 is 0. The largest absolute Gasteiger partial charge is 0.301 e. The van der Waals surface area contributed by atoms with Gasteiger partial charge < -0.3 is 4.90 Å². The number of hydrogen-bond acceptors (Lipinski definition) is 4. The van der Waals surface area contributed by atoms with Gasteiger partial charge in [0.2, 0.25) is 0 Å². The third-order valence-corrected chi connectivity index (χ3v) is 4.20. The standard InChI is InChI=1S/C15H24N6/c1-13-17-14(2)21(18-13)12-15-5-3-7-19(11-15)9-10-20-8-4-6-16-20/h4,6,8,15H,3,5,7,9-12H2,1-2H3. The summed E-state index contributed by atoms with van der Waals surface area (Å²) in [6.45, 7) is 9.39. The van der Waals surface area contributed by atoms with Gasteiger partial charge in [-0.25, -0.2) is 9.67 Å². The average Bonchev–Trinajstić information content (AvgIpc) is 3.07. The predicted molar refractivity (Wildman–Crippen MR) is 80.9 cm³/mol. The van der Waals surface area contributed by atoms with Gasteiger partial charge in [0.1, 0.15) is 11.6 Å². The van der Waals surface area contributed by atoms with Gasteiger partial charge >= 0.3 is 0 Å². The number of piperidine rings is 1. The molecule has 0 saturated carbocycles. The number of nitrogens with zero attached hydrogens (tertiary/aromatic N) is 6. The van der Waals surface area contributed by atoms with Crippen molar-refractivity contribution in [3.63, 3.8) is 0 Å². The van der Waals surface area contributed by atoms with E-state index in [9.17, 15) is 0 Å². The molecule has 21 heavy (non-hydrogen) atoms. The van der Waals surface area contributed by atoms with Gasteiger partial charge in [-0.1, -0.05) is 0 Å². The second-order valence-corrected chi connectivity index (χ2v) is 5.97. The van der Waals surface area contributed by atoms with Gasteiger partial charge in [-0.15, -0.1) is 0 Å². The second kappa shape index (κ2) is 6.39. The minimum absolute atomic E-state index is 0.677. The van der Waals surface area contributed by atoms with Crippen molar-refractivity contribution >= 4 is 0 Å². The Morgan fingerprint density at radius 3 is 2.90 bits per heavy atom. The lowest BCUT2D eigenvalue weighted by Crippen LogP contribution is -2.39. The Kier molecular flexibility index (Phi) is 4.34. The highest BCUT2D eigenvalue weighted by atomic mass is 15.3. The minimum Gasteiger partial charge on any atom is -0.301 e. The fourth-order valence-corrected chi connectivity index (χ4v) is 3.16. The Labute approximate surface area is 125 Å². The van der Waals surface area contributed by atoms with E-state index in [2.05, 4.69) is 24.8 Å². The highest BCUT2D eigenvalue weighted by Gasteiger charge is 2.21. The van der Waals surface area contributed by atoms with E-state index in [1.165, 1.54) is 19.4 Å². The van der Waals surface area contributed by atoms with Gasteiger partial charge in [-0.05, 0) is 45.2 Å². The van der Waals surface area contributed by atoms with Crippen molar-refractivity contribution in [1.29, 1.82) is 0 Å². The van der Waals surface area contributed by atoms with Crippen molar-refractivity contribution in [3.8, 4) is 0 Å². The highest BCUT2D eigenvalue weighted by Crippen LogP contribution is 2.18. The van der Waals surface area contributed by atoms with Crippen LogP contribution in [0.1, 0.15) is 24.5 Å². The van der Waals surface area contributed by atoms with Crippen LogP contribution < -0.4 is 0 Å². The van der Waals surface area contributed by atoms with Gasteiger partial charge in [0.15, 0.2) is 0 Å². The van der Waals surface area contributed by atoms with Crippen molar-refractivity contribution in [3.05, 3.63) is 30.1 Å². The summed E-state index contributed by atoms with van der Waals surface area (Å²) in [4.78, 5) is 6.94. The van der Waals surface area contributed by atoms with Gasteiger partial charge in [0.05, 0.1) is 6.54 Å². The Hall–Kier alpha value is -1.69. The first-order valence-corrected chi connectivity index (χ1v) is 7.78. The summed E-state index contributed by atoms with van der Waals surface area (Å²) in [5, 5.41) is 8.76. The Morgan fingerprint density at radius 1 is 1.29 bits per heavy atom. The summed E-state index contributed by atoms with van der Waals surface area (Å²) in [5.41, 5.74) is 0. The maximum absolute atomic E-state index is 4.49. The smallest absolute Gasteiger partial charge is 0.147 e. The van der Waals surface area contributed by atoms with Gasteiger partial charge in [0.25, 0.3) is 0 Å². The molecule has 0 bridgehead atoms. The lowest BCUT2D eigenvalue weighted by Gasteiger charge is -2.32. The quantitative estimate of drug-likeness (QED) is 0.837. The Balaban J connectivity index is 1.52. The first-order valence-electron chi connectivity index (χ1n) is 7.78. The fraction of sp³-hybridized carbons (Fsp3) is 0.667. The van der Waals surface area contributed by atoms with E-state index in [1.54, 1.807) is 0 Å². The van der Waals surface area contributed by atoms with Crippen LogP contribution in [0, 0.1) is 19.8 Å². The first-order chi connectivity index (χ1) is 10.2. The zero-order valence-electron chi connectivity index (χ0n) is 12.9. The van der Waals surface area contributed by atoms with Crippen molar-refractivity contribution < 1.29 is 0 Å². The molecule has 1 saturated heterocycles. The van der Waals surface area contributed by atoms with Crippen LogP contribution in [0.25, 0.3) is 0 Å². The molecule has 1 unspecified atom stereocenters. The zero-order chi connectivity index (χ0) is 14.7. The van der Waals surface area contributed by atoms with Crippen LogP contribution in [0.2, 0.25) is 0 Å². The van der Waals surface area contributed by atoms with Crippen LogP contribution in [0.5, 0.6) is 0 Å². The molecule has 1 aliphatic heterocycles. The molecule has 1 aliphatic rings. The summed E-state index contributed by atoms with van der Waals surface area (Å²) in [7, 11) is 0. The molecular weight excluding hydrogens is 264 g/mol. The van der Waals surface area contributed by atoms with Crippen LogP contribution in [-0.2, 0) is 13.1 Å². The third-order valence-electron chi connectivity index (χ3n) is 4.20. The average molecular weight is 288 g/mol. The fourth-order valence-electron chi connectivity index (χ4n) is 3.16. The molecule has 6 heteroatoms. The van der Waals surface area contributed by atoms with E-state index in [1.807, 2.05) is 37.0 Å². The van der Waals surface area contributed by atoms with Gasteiger partial charge in [0, 0.05) is 32.0 Å². The molecule has 0 aliphatic carbocycles. The summed E-state index contributed by atoms with van der Waals surface area (Å²) in [5.74, 6) is 2.58. The third kappa shape index (κ3) is 3.69. The van der Waals surface area contributed by atoms with Crippen LogP contribution in [0.4, 0.5) is 0 Å². The van der Waals surface area contributed by atoms with E-state index in [-0.39, 0.29) is 0 Å². The van der Waals surface area contributed by atoms with E-state index < -0.39 is 0 Å². The molecular formula is C15H24N6. The molecule has 1 atom stereocenters. The SMILES string of the molecule is Cc1nc(C)n(CC2CCCN(CCn3cccn3)C2)n1. The molecule has 2 aromatic heterocycles. The second-order valence-electron chi connectivity index (χ2n) is 5.97. The molecule has 3 rings (SSSR count). The monoisotopic (exact) mass is 288 g/mol. The molecule has 0 spiro atoms. The summed E-state index contributed by atoms with van der Waals surface area (Å²) in [6.07, 6.45) is 6.44. The Bertz CT molecular complexity index is 559. The van der Waals surface area contributed by atoms with Crippen LogP contribution in [0.15, 0.2) is 18.5 Å². The summed E-state index contributed by atoms with van der Waals surface area (Å²) in [6, 6.07) is 1.98. The van der Waals surface area contributed by atoms with Crippen LogP contribution >= 0.6 is 0 Å². The maximum Gasteiger partial charge on any atom is 0.147 e. The predicted octanol–water partition coefficient (Wildman–Crippen LogP) is 1.50. The van der Waals surface area contributed by atoms with E-state index in [0.29, 0.717) is 5.92 Å². The maximum atomic E-state index is 4.49. The van der Waals surface area contributed by atoms with Gasteiger partial charge in [-0.3, -0.25) is 4.68 Å². The molecule has 0 radical (unpaired) electrons. The molecule has 3 heterocycles. The van der Waals surface area contributed by atoms with E-state index in [4.69, 9.17) is 0 Å². The van der Waals surface area contributed by atoms with Gasteiger partial charge in [-0.2, -0.15) is 10.2 Å². The molecule has 2 aromatic rings. The van der Waals surface area contributed by atoms with Crippen LogP contribution in [-0.4, -0.2) is 49.1 Å². The number of aromatic nitrogens is 5. The number of aryl methyl sites for hydroxylation is 2. The van der Waals surface area contributed by atoms with Crippen molar-refractivity contribution in [2.45, 2.75) is 39.8 Å². The highest BCUT2D eigenvalue weighted by molar-refractivity contribution is 4.88. The zero-order valence-corrected chi connectivity index (χ0v) is 12.9. The normalized spacial score (nSPS) is 20.0. The molecule has 6 nitrogen and oxygen atoms in total. The van der Waals surface area contributed by atoms with Crippen molar-refractivity contribution in [1.82, 2.24) is 29.4 Å². The lowest BCUT2D eigenvalue weighted by atomic mass is 9.98. The topological polar surface area (TPSA) is 51.8 Å². The first kappa shape index (κ1) is 14.3. The van der Waals surface area contributed by atoms with E-state index in [0.717, 1.165) is 37.8 Å².